The third kappa shape index (κ3) is 1.21. The van der Waals surface area contributed by atoms with Crippen molar-refractivity contribution >= 4 is 5.78 Å². The lowest BCUT2D eigenvalue weighted by Gasteiger charge is -2.26. The van der Waals surface area contributed by atoms with Crippen LogP contribution in [0.1, 0.15) is 40.5 Å². The molecule has 0 spiro atoms. The zero-order chi connectivity index (χ0) is 8.65. The molecule has 0 saturated heterocycles. The Morgan fingerprint density at radius 1 is 1.55 bits per heavy atom. The molecule has 0 aromatic heterocycles. The average molecular weight is 154 g/mol. The van der Waals surface area contributed by atoms with Crippen molar-refractivity contribution in [2.45, 2.75) is 40.5 Å². The number of rotatable bonds is 1. The summed E-state index contributed by atoms with van der Waals surface area (Å²) in [6, 6.07) is 0. The van der Waals surface area contributed by atoms with Crippen molar-refractivity contribution in [2.24, 2.45) is 17.3 Å². The van der Waals surface area contributed by atoms with Crippen LogP contribution in [0.4, 0.5) is 0 Å². The van der Waals surface area contributed by atoms with Crippen LogP contribution in [0.5, 0.6) is 0 Å². The van der Waals surface area contributed by atoms with E-state index in [-0.39, 0.29) is 5.41 Å². The lowest BCUT2D eigenvalue weighted by atomic mass is 9.76. The van der Waals surface area contributed by atoms with Crippen LogP contribution in [-0.4, -0.2) is 5.78 Å². The Balaban J connectivity index is 2.81. The maximum absolute atomic E-state index is 11.7. The van der Waals surface area contributed by atoms with Crippen LogP contribution in [0.2, 0.25) is 0 Å². The molecule has 1 aliphatic rings. The van der Waals surface area contributed by atoms with E-state index in [1.54, 1.807) is 0 Å². The van der Waals surface area contributed by atoms with Crippen LogP contribution in [0.3, 0.4) is 0 Å². The Labute approximate surface area is 69.2 Å². The van der Waals surface area contributed by atoms with E-state index < -0.39 is 0 Å². The molecule has 1 aliphatic carbocycles. The number of carbonyl (C=O) groups is 1. The van der Waals surface area contributed by atoms with Gasteiger partial charge in [0, 0.05) is 11.3 Å². The SMILES string of the molecule is CC1CCC(C)(C(C)C)C1=O. The van der Waals surface area contributed by atoms with E-state index in [0.717, 1.165) is 12.8 Å². The van der Waals surface area contributed by atoms with Crippen molar-refractivity contribution in [3.63, 3.8) is 0 Å². The largest absolute Gasteiger partial charge is 0.299 e. The van der Waals surface area contributed by atoms with Crippen molar-refractivity contribution in [3.8, 4) is 0 Å². The molecular formula is C10H18O. The Bertz CT molecular complexity index is 172. The van der Waals surface area contributed by atoms with Gasteiger partial charge in [0.2, 0.25) is 0 Å². The summed E-state index contributed by atoms with van der Waals surface area (Å²) >= 11 is 0. The van der Waals surface area contributed by atoms with Crippen molar-refractivity contribution in [2.75, 3.05) is 0 Å². The Hall–Kier alpha value is -0.330. The van der Waals surface area contributed by atoms with Gasteiger partial charge in [-0.05, 0) is 18.8 Å². The third-order valence-electron chi connectivity index (χ3n) is 3.38. The second kappa shape index (κ2) is 2.62. The van der Waals surface area contributed by atoms with E-state index in [4.69, 9.17) is 0 Å². The van der Waals surface area contributed by atoms with E-state index >= 15 is 0 Å². The second-order valence-electron chi connectivity index (χ2n) is 4.38. The molecule has 2 unspecified atom stereocenters. The summed E-state index contributed by atoms with van der Waals surface area (Å²) in [5.41, 5.74) is -0.0145. The van der Waals surface area contributed by atoms with Crippen LogP contribution in [0.25, 0.3) is 0 Å². The standard InChI is InChI=1S/C10H18O/c1-7(2)10(4)6-5-8(3)9(10)11/h7-8H,5-6H2,1-4H3. The molecule has 0 aromatic rings. The molecule has 0 aliphatic heterocycles. The van der Waals surface area contributed by atoms with Crippen LogP contribution in [0.15, 0.2) is 0 Å². The lowest BCUT2D eigenvalue weighted by Crippen LogP contribution is -2.29. The molecule has 64 valence electrons. The highest BCUT2D eigenvalue weighted by atomic mass is 16.1. The predicted octanol–water partition coefficient (Wildman–Crippen LogP) is 2.65. The van der Waals surface area contributed by atoms with Gasteiger partial charge < -0.3 is 0 Å². The first-order valence-electron chi connectivity index (χ1n) is 4.53. The number of ketones is 1. The summed E-state index contributed by atoms with van der Waals surface area (Å²) in [5.74, 6) is 1.29. The predicted molar refractivity (Wildman–Crippen MR) is 46.4 cm³/mol. The van der Waals surface area contributed by atoms with Crippen LogP contribution >= 0.6 is 0 Å². The lowest BCUT2D eigenvalue weighted by molar-refractivity contribution is -0.129. The summed E-state index contributed by atoms with van der Waals surface area (Å²) in [6.07, 6.45) is 2.18. The molecule has 1 nitrogen and oxygen atoms in total. The highest BCUT2D eigenvalue weighted by Gasteiger charge is 2.43. The zero-order valence-corrected chi connectivity index (χ0v) is 7.98. The minimum absolute atomic E-state index is 0.0145. The first-order valence-corrected chi connectivity index (χ1v) is 4.53. The molecule has 1 heteroatoms. The number of hydrogen-bond donors (Lipinski definition) is 0. The molecule has 2 atom stereocenters. The van der Waals surface area contributed by atoms with Crippen molar-refractivity contribution in [1.82, 2.24) is 0 Å². The summed E-state index contributed by atoms with van der Waals surface area (Å²) in [6.45, 7) is 8.46. The average Bonchev–Trinajstić information content (AvgIpc) is 2.18. The fourth-order valence-corrected chi connectivity index (χ4v) is 1.91. The summed E-state index contributed by atoms with van der Waals surface area (Å²) in [4.78, 5) is 11.7. The molecule has 11 heavy (non-hydrogen) atoms. The van der Waals surface area contributed by atoms with Gasteiger partial charge in [-0.2, -0.15) is 0 Å². The fourth-order valence-electron chi connectivity index (χ4n) is 1.91. The van der Waals surface area contributed by atoms with Gasteiger partial charge in [0.15, 0.2) is 0 Å². The molecule has 0 amide bonds. The van der Waals surface area contributed by atoms with Gasteiger partial charge in [-0.3, -0.25) is 4.79 Å². The molecule has 0 N–H and O–H groups in total. The monoisotopic (exact) mass is 154 g/mol. The third-order valence-corrected chi connectivity index (χ3v) is 3.38. The van der Waals surface area contributed by atoms with Gasteiger partial charge in [0.25, 0.3) is 0 Å². The first kappa shape index (κ1) is 8.76. The summed E-state index contributed by atoms with van der Waals surface area (Å²) in [5, 5.41) is 0. The molecule has 1 fully saturated rings. The van der Waals surface area contributed by atoms with Crippen molar-refractivity contribution in [1.29, 1.82) is 0 Å². The molecule has 0 radical (unpaired) electrons. The summed E-state index contributed by atoms with van der Waals surface area (Å²) < 4.78 is 0. The Morgan fingerprint density at radius 3 is 2.27 bits per heavy atom. The second-order valence-corrected chi connectivity index (χ2v) is 4.38. The number of carbonyl (C=O) groups excluding carboxylic acids is 1. The number of Topliss-reactive ketones (excluding diaryl/α,β-unsaturated/α-hetero) is 1. The topological polar surface area (TPSA) is 17.1 Å². The molecule has 0 heterocycles. The van der Waals surface area contributed by atoms with E-state index in [9.17, 15) is 4.79 Å². The zero-order valence-electron chi connectivity index (χ0n) is 7.98. The van der Waals surface area contributed by atoms with Gasteiger partial charge in [0.1, 0.15) is 5.78 Å². The van der Waals surface area contributed by atoms with Gasteiger partial charge in [-0.15, -0.1) is 0 Å². The van der Waals surface area contributed by atoms with E-state index in [1.807, 2.05) is 0 Å². The maximum atomic E-state index is 11.7. The van der Waals surface area contributed by atoms with Crippen LogP contribution in [-0.2, 0) is 4.79 Å². The van der Waals surface area contributed by atoms with E-state index in [1.165, 1.54) is 0 Å². The Kier molecular flexibility index (Phi) is 2.08. The highest BCUT2D eigenvalue weighted by molar-refractivity contribution is 5.88. The van der Waals surface area contributed by atoms with Crippen molar-refractivity contribution < 1.29 is 4.79 Å². The maximum Gasteiger partial charge on any atom is 0.141 e. The molecule has 1 saturated carbocycles. The van der Waals surface area contributed by atoms with Gasteiger partial charge in [0.05, 0.1) is 0 Å². The fraction of sp³-hybridized carbons (Fsp3) is 0.900. The first-order chi connectivity index (χ1) is 4.98. The molecular weight excluding hydrogens is 136 g/mol. The minimum Gasteiger partial charge on any atom is -0.299 e. The Morgan fingerprint density at radius 2 is 2.09 bits per heavy atom. The highest BCUT2D eigenvalue weighted by Crippen LogP contribution is 2.43. The van der Waals surface area contributed by atoms with E-state index in [2.05, 4.69) is 27.7 Å². The van der Waals surface area contributed by atoms with Gasteiger partial charge in [-0.25, -0.2) is 0 Å². The van der Waals surface area contributed by atoms with Gasteiger partial charge in [-0.1, -0.05) is 27.7 Å². The molecule has 1 rings (SSSR count). The minimum atomic E-state index is -0.0145. The van der Waals surface area contributed by atoms with Crippen molar-refractivity contribution in [3.05, 3.63) is 0 Å². The van der Waals surface area contributed by atoms with Crippen LogP contribution < -0.4 is 0 Å². The van der Waals surface area contributed by atoms with Gasteiger partial charge >= 0.3 is 0 Å². The summed E-state index contributed by atoms with van der Waals surface area (Å²) in [7, 11) is 0. The van der Waals surface area contributed by atoms with Crippen LogP contribution in [0, 0.1) is 17.3 Å². The molecule has 0 aromatic carbocycles. The molecule has 0 bridgehead atoms. The number of hydrogen-bond acceptors (Lipinski definition) is 1. The normalized spacial score (nSPS) is 38.6. The van der Waals surface area contributed by atoms with E-state index in [0.29, 0.717) is 17.6 Å². The quantitative estimate of drug-likeness (QED) is 0.567. The smallest absolute Gasteiger partial charge is 0.141 e.